The van der Waals surface area contributed by atoms with E-state index in [9.17, 15) is 114 Å². The van der Waals surface area contributed by atoms with Gasteiger partial charge in [0.1, 0.15) is 23.5 Å². The predicted octanol–water partition coefficient (Wildman–Crippen LogP) is 24.4. The van der Waals surface area contributed by atoms with E-state index in [1.807, 2.05) is 0 Å². The maximum atomic E-state index is 12.8. The molecule has 0 N–H and O–H groups in total. The van der Waals surface area contributed by atoms with Crippen LogP contribution in [0.25, 0.3) is 4.85 Å². The lowest BCUT2D eigenvalue weighted by atomic mass is 10.0. The molecular weight excluding hydrogens is 1340 g/mol. The molecule has 0 saturated carbocycles. The normalized spacial score (nSPS) is 11.2. The van der Waals surface area contributed by atoms with Crippen molar-refractivity contribution >= 4 is 5.69 Å². The van der Waals surface area contributed by atoms with E-state index >= 15 is 0 Å². The minimum atomic E-state index is -4.99. The summed E-state index contributed by atoms with van der Waals surface area (Å²) in [5.41, 5.74) is -5.68. The van der Waals surface area contributed by atoms with Crippen LogP contribution in [0.15, 0.2) is 146 Å². The molecule has 8 rings (SSSR count). The summed E-state index contributed by atoms with van der Waals surface area (Å²) in [5.74, 6) is -3.79. The summed E-state index contributed by atoms with van der Waals surface area (Å²) in [7, 11) is 0. The van der Waals surface area contributed by atoms with E-state index in [-0.39, 0.29) is 44.6 Å². The molecule has 0 saturated heterocycles. The smallest absolute Gasteiger partial charge is 0.238 e. The SMILES string of the molecule is Cc1cc(F)ccc1C(F)(F)F.Cc1ccc(C(F)(F)F)c(C)c1.Cc1cccc(C#N)c1C(F)(F)F.Cc1cccc(C#N)c1F.Cc1cccc(C(F)(F)F)c1C(F)(F)F.Cc1cccc(C(F)(F)F)c1F.Cc1cccc(F)c1F.[C-]#[N+]c1ccc(C(F)(F)F)c(C)c1. The number of benzene rings is 8. The fraction of sp³-hybridized carbons (Fsp3) is 0.239. The van der Waals surface area contributed by atoms with E-state index in [0.29, 0.717) is 17.2 Å². The molecule has 0 aromatic heterocycles. The predicted molar refractivity (Wildman–Crippen MR) is 305 cm³/mol. The molecule has 8 aromatic carbocycles. The van der Waals surface area contributed by atoms with E-state index in [1.54, 1.807) is 32.0 Å². The summed E-state index contributed by atoms with van der Waals surface area (Å²) in [5, 5.41) is 16.8. The van der Waals surface area contributed by atoms with Crippen molar-refractivity contribution in [3.63, 3.8) is 0 Å². The Hall–Kier alpha value is -9.59. The summed E-state index contributed by atoms with van der Waals surface area (Å²) in [4.78, 5) is 3.04. The van der Waals surface area contributed by atoms with Gasteiger partial charge >= 0.3 is 43.2 Å². The molecule has 0 atom stereocenters. The molecule has 8 aromatic rings. The van der Waals surface area contributed by atoms with Crippen LogP contribution in [0.2, 0.25) is 0 Å². The molecule has 0 fully saturated rings. The van der Waals surface area contributed by atoms with Gasteiger partial charge in [0, 0.05) is 0 Å². The molecule has 0 aliphatic carbocycles. The minimum absolute atomic E-state index is 0.00447. The molecule has 516 valence electrons. The third-order valence-electron chi connectivity index (χ3n) is 12.3. The van der Waals surface area contributed by atoms with Gasteiger partial charge in [0.2, 0.25) is 0 Å². The van der Waals surface area contributed by atoms with E-state index in [1.165, 1.54) is 114 Å². The van der Waals surface area contributed by atoms with Gasteiger partial charge in [0.15, 0.2) is 17.3 Å². The second-order valence-electron chi connectivity index (χ2n) is 19.8. The van der Waals surface area contributed by atoms with Crippen molar-refractivity contribution in [2.24, 2.45) is 0 Å². The van der Waals surface area contributed by atoms with Crippen molar-refractivity contribution in [2.45, 2.75) is 106 Å². The maximum Gasteiger partial charge on any atom is 0.419 e. The Balaban J connectivity index is 0.000000550. The first kappa shape index (κ1) is 84.4. The number of hydrogen-bond donors (Lipinski definition) is 0. The van der Waals surface area contributed by atoms with Crippen molar-refractivity contribution in [1.29, 1.82) is 10.5 Å². The van der Waals surface area contributed by atoms with Gasteiger partial charge in [0.05, 0.1) is 62.7 Å². The zero-order chi connectivity index (χ0) is 74.4. The molecule has 0 spiro atoms. The first-order valence-electron chi connectivity index (χ1n) is 26.5. The van der Waals surface area contributed by atoms with Gasteiger partial charge in [-0.25, -0.2) is 26.8 Å². The Labute approximate surface area is 532 Å². The third kappa shape index (κ3) is 27.0. The number of halogens is 26. The van der Waals surface area contributed by atoms with Gasteiger partial charge in [-0.2, -0.15) is 103 Å². The van der Waals surface area contributed by atoms with Crippen LogP contribution < -0.4 is 0 Å². The fourth-order valence-electron chi connectivity index (χ4n) is 7.74. The molecule has 0 radical (unpaired) electrons. The zero-order valence-corrected chi connectivity index (χ0v) is 51.0. The largest absolute Gasteiger partial charge is 0.419 e. The Morgan fingerprint density at radius 3 is 0.979 bits per heavy atom. The zero-order valence-electron chi connectivity index (χ0n) is 51.0. The lowest BCUT2D eigenvalue weighted by Crippen LogP contribution is -2.17. The maximum absolute atomic E-state index is 12.8. The summed E-state index contributed by atoms with van der Waals surface area (Å²) in [6.45, 7) is 19.2. The number of nitrogens with zero attached hydrogens (tertiary/aromatic N) is 3. The summed E-state index contributed by atoms with van der Waals surface area (Å²) in [6.07, 6.45) is -32.0. The van der Waals surface area contributed by atoms with Crippen LogP contribution in [0, 0.1) is 121 Å². The van der Waals surface area contributed by atoms with Gasteiger partial charge in [-0.1, -0.05) is 96.6 Å². The number of nitriles is 2. The lowest BCUT2D eigenvalue weighted by molar-refractivity contribution is -0.162. The summed E-state index contributed by atoms with van der Waals surface area (Å²) >= 11 is 0. The van der Waals surface area contributed by atoms with Crippen LogP contribution in [-0.2, 0) is 43.2 Å². The lowest BCUT2D eigenvalue weighted by Gasteiger charge is -2.17. The van der Waals surface area contributed by atoms with E-state index in [4.69, 9.17) is 17.1 Å². The molecule has 0 heterocycles. The fourth-order valence-corrected chi connectivity index (χ4v) is 7.74. The Kier molecular flexibility index (Phi) is 31.0. The second-order valence-corrected chi connectivity index (χ2v) is 19.8. The Bertz CT molecular complexity index is 3910. The van der Waals surface area contributed by atoms with Gasteiger partial charge in [0.25, 0.3) is 0 Å². The molecular formula is C67H51F26N3. The van der Waals surface area contributed by atoms with Crippen molar-refractivity contribution in [3.05, 3.63) is 286 Å². The minimum Gasteiger partial charge on any atom is -0.238 e. The Morgan fingerprint density at radius 1 is 0.302 bits per heavy atom. The van der Waals surface area contributed by atoms with Crippen LogP contribution in [0.1, 0.15) is 100 Å². The molecule has 0 amide bonds. The molecule has 0 aliphatic rings. The second kappa shape index (κ2) is 35.2. The van der Waals surface area contributed by atoms with Crippen molar-refractivity contribution < 1.29 is 114 Å². The van der Waals surface area contributed by atoms with Crippen LogP contribution in [0.4, 0.5) is 120 Å². The van der Waals surface area contributed by atoms with Gasteiger partial charge in [-0.15, -0.1) is 0 Å². The van der Waals surface area contributed by atoms with E-state index in [0.717, 1.165) is 73.2 Å². The van der Waals surface area contributed by atoms with Crippen molar-refractivity contribution in [2.75, 3.05) is 0 Å². The Morgan fingerprint density at radius 2 is 0.646 bits per heavy atom. The van der Waals surface area contributed by atoms with E-state index < -0.39 is 117 Å². The first-order valence-corrected chi connectivity index (χ1v) is 26.5. The van der Waals surface area contributed by atoms with Gasteiger partial charge < -0.3 is 0 Å². The quantitative estimate of drug-likeness (QED) is 0.112. The molecule has 96 heavy (non-hydrogen) atoms. The number of rotatable bonds is 0. The van der Waals surface area contributed by atoms with Crippen LogP contribution in [0.5, 0.6) is 0 Å². The van der Waals surface area contributed by atoms with Crippen LogP contribution >= 0.6 is 0 Å². The molecule has 29 heteroatoms. The molecule has 0 aliphatic heterocycles. The van der Waals surface area contributed by atoms with E-state index in [2.05, 4.69) is 4.85 Å². The van der Waals surface area contributed by atoms with Gasteiger partial charge in [-0.05, 0) is 161 Å². The third-order valence-corrected chi connectivity index (χ3v) is 12.3. The molecule has 0 bridgehead atoms. The average molecular weight is 1390 g/mol. The highest BCUT2D eigenvalue weighted by Gasteiger charge is 2.44. The topological polar surface area (TPSA) is 51.9 Å². The summed E-state index contributed by atoms with van der Waals surface area (Å²) in [6, 6.07) is 31.5. The highest BCUT2D eigenvalue weighted by molar-refractivity contribution is 5.50. The highest BCUT2D eigenvalue weighted by Crippen LogP contribution is 2.42. The van der Waals surface area contributed by atoms with Crippen molar-refractivity contribution in [1.82, 2.24) is 0 Å². The number of alkyl halides is 21. The molecule has 0 unspecified atom stereocenters. The molecule has 3 nitrogen and oxygen atoms in total. The first-order chi connectivity index (χ1) is 43.8. The van der Waals surface area contributed by atoms with Crippen molar-refractivity contribution in [3.8, 4) is 12.1 Å². The summed E-state index contributed by atoms with van der Waals surface area (Å²) < 4.78 is 319. The average Bonchev–Trinajstić information content (AvgIpc) is 0.797. The number of hydrogen-bond acceptors (Lipinski definition) is 2. The number of aryl methyl sites for hydroxylation is 9. The monoisotopic (exact) mass is 1390 g/mol. The van der Waals surface area contributed by atoms with Crippen LogP contribution in [0.3, 0.4) is 0 Å². The standard InChI is InChI=1S/C9H6F6.2C9H6F3N.C9H9F3.2C8H6F4.C8H6FN.C7H6F2/c1-5-3-2-4-6(8(10,11)12)7(5)9(13,14)15;1-6-5-7(13-2)3-4-8(6)9(10,11)12;1-6-3-2-4-7(5-13)8(6)9(10,11)12;1-6-3-4-8(7(2)5-6)9(10,11)12;1-5-4-6(9)2-3-7(5)8(10,11)12;1-5-3-2-4-6(7(5)9)8(10,11)12;1-6-3-2-4-7(5-10)8(6)9;1-5-3-2-4-6(8)7(5)9/h2-4H,1H3;3-5H,1H3;2-4H,1H3;3-5H,1-2H3;2*2-4H,1H3;2-4H,1H3;2-4H,1H3. The van der Waals surface area contributed by atoms with Crippen LogP contribution in [-0.4, -0.2) is 0 Å². The van der Waals surface area contributed by atoms with Gasteiger partial charge in [-0.3, -0.25) is 0 Å². The highest BCUT2D eigenvalue weighted by atomic mass is 19.4.